The number of carbonyl (C=O) groups is 1. The van der Waals surface area contributed by atoms with Crippen LogP contribution in [0.2, 0.25) is 0 Å². The molecule has 0 bridgehead atoms. The van der Waals surface area contributed by atoms with E-state index in [1.807, 2.05) is 0 Å². The molecule has 3 rings (SSSR count). The highest BCUT2D eigenvalue weighted by molar-refractivity contribution is 7.89. The van der Waals surface area contributed by atoms with Crippen molar-refractivity contribution in [1.82, 2.24) is 4.31 Å². The topological polar surface area (TPSA) is 63.7 Å². The lowest BCUT2D eigenvalue weighted by atomic mass is 10.0. The van der Waals surface area contributed by atoms with Crippen LogP contribution >= 0.6 is 0 Å². The van der Waals surface area contributed by atoms with E-state index in [9.17, 15) is 17.6 Å². The normalized spacial score (nSPS) is 25.2. The van der Waals surface area contributed by atoms with Crippen LogP contribution in [-0.4, -0.2) is 50.1 Å². The van der Waals surface area contributed by atoms with Crippen molar-refractivity contribution in [1.29, 1.82) is 0 Å². The number of sulfonamides is 1. The van der Waals surface area contributed by atoms with Crippen LogP contribution in [-0.2, 0) is 14.8 Å². The summed E-state index contributed by atoms with van der Waals surface area (Å²) in [6.45, 7) is 1.67. The minimum Gasteiger partial charge on any atom is -0.381 e. The molecule has 1 aromatic rings. The van der Waals surface area contributed by atoms with Gasteiger partial charge >= 0.3 is 0 Å². The summed E-state index contributed by atoms with van der Waals surface area (Å²) in [6.07, 6.45) is 3.36. The Kier molecular flexibility index (Phi) is 5.86. The number of halogens is 1. The highest BCUT2D eigenvalue weighted by atomic mass is 32.2. The number of Topliss-reactive ketones (excluding diaryl/α,β-unsaturated/α-hetero) is 1. The van der Waals surface area contributed by atoms with Gasteiger partial charge in [0.2, 0.25) is 10.0 Å². The third-order valence-electron chi connectivity index (χ3n) is 4.97. The molecule has 0 radical (unpaired) electrons. The Labute approximate surface area is 148 Å². The zero-order valence-corrected chi connectivity index (χ0v) is 15.0. The highest BCUT2D eigenvalue weighted by Crippen LogP contribution is 2.27. The second kappa shape index (κ2) is 7.93. The predicted molar refractivity (Wildman–Crippen MR) is 92.4 cm³/mol. The fourth-order valence-electron chi connectivity index (χ4n) is 3.68. The van der Waals surface area contributed by atoms with E-state index in [1.165, 1.54) is 28.6 Å². The Morgan fingerprint density at radius 1 is 1.20 bits per heavy atom. The molecule has 2 aliphatic rings. The van der Waals surface area contributed by atoms with Gasteiger partial charge in [-0.05, 0) is 55.9 Å². The summed E-state index contributed by atoms with van der Waals surface area (Å²) >= 11 is 0. The Hall–Kier alpha value is -1.31. The summed E-state index contributed by atoms with van der Waals surface area (Å²) in [4.78, 5) is 12.4. The molecule has 2 fully saturated rings. The number of hydrogen-bond donors (Lipinski definition) is 0. The Balaban J connectivity index is 1.64. The molecule has 138 valence electrons. The molecule has 2 heterocycles. The number of rotatable bonds is 6. The van der Waals surface area contributed by atoms with Gasteiger partial charge in [-0.3, -0.25) is 4.79 Å². The van der Waals surface area contributed by atoms with Crippen molar-refractivity contribution in [3.8, 4) is 0 Å². The Morgan fingerprint density at radius 3 is 2.64 bits per heavy atom. The average Bonchev–Trinajstić information content (AvgIpc) is 3.05. The molecule has 7 heteroatoms. The lowest BCUT2D eigenvalue weighted by Gasteiger charge is -2.28. The first kappa shape index (κ1) is 18.5. The Bertz CT molecular complexity index is 698. The highest BCUT2D eigenvalue weighted by Gasteiger charge is 2.37. The van der Waals surface area contributed by atoms with E-state index >= 15 is 0 Å². The SMILES string of the molecule is O=C(C[C@H]1CCCN1S(=O)(=O)C[C@@H]1CCCOC1)c1ccc(F)cc1. The number of carbonyl (C=O) groups excluding carboxylic acids is 1. The summed E-state index contributed by atoms with van der Waals surface area (Å²) < 4.78 is 45.4. The van der Waals surface area contributed by atoms with Crippen molar-refractivity contribution in [2.24, 2.45) is 5.92 Å². The quantitative estimate of drug-likeness (QED) is 0.723. The molecular weight excluding hydrogens is 345 g/mol. The summed E-state index contributed by atoms with van der Waals surface area (Å²) in [6, 6.07) is 5.10. The van der Waals surface area contributed by atoms with Gasteiger partial charge in [0.15, 0.2) is 5.78 Å². The van der Waals surface area contributed by atoms with E-state index in [1.54, 1.807) is 0 Å². The fourth-order valence-corrected chi connectivity index (χ4v) is 5.77. The molecular formula is C18H24FNO4S. The van der Waals surface area contributed by atoms with E-state index in [0.29, 0.717) is 31.7 Å². The summed E-state index contributed by atoms with van der Waals surface area (Å²) in [5, 5.41) is 0. The molecule has 0 aliphatic carbocycles. The summed E-state index contributed by atoms with van der Waals surface area (Å²) in [5.74, 6) is -0.411. The van der Waals surface area contributed by atoms with Crippen LogP contribution < -0.4 is 0 Å². The maximum Gasteiger partial charge on any atom is 0.214 e. The van der Waals surface area contributed by atoms with Gasteiger partial charge in [-0.15, -0.1) is 0 Å². The van der Waals surface area contributed by atoms with E-state index in [2.05, 4.69) is 0 Å². The second-order valence-corrected chi connectivity index (χ2v) is 8.87. The van der Waals surface area contributed by atoms with Crippen molar-refractivity contribution in [2.45, 2.75) is 38.1 Å². The Morgan fingerprint density at radius 2 is 1.96 bits per heavy atom. The zero-order chi connectivity index (χ0) is 17.9. The number of nitrogens with zero attached hydrogens (tertiary/aromatic N) is 1. The minimum absolute atomic E-state index is 0.0350. The third-order valence-corrected chi connectivity index (χ3v) is 7.06. The van der Waals surface area contributed by atoms with Gasteiger partial charge < -0.3 is 4.74 Å². The fraction of sp³-hybridized carbons (Fsp3) is 0.611. The molecule has 0 spiro atoms. The van der Waals surface area contributed by atoms with Crippen LogP contribution in [0.4, 0.5) is 4.39 Å². The molecule has 2 saturated heterocycles. The largest absolute Gasteiger partial charge is 0.381 e. The number of hydrogen-bond acceptors (Lipinski definition) is 4. The molecule has 2 aliphatic heterocycles. The maximum atomic E-state index is 13.0. The first-order chi connectivity index (χ1) is 12.0. The third kappa shape index (κ3) is 4.65. The molecule has 1 aromatic carbocycles. The molecule has 5 nitrogen and oxygen atoms in total. The van der Waals surface area contributed by atoms with Gasteiger partial charge in [-0.1, -0.05) is 0 Å². The van der Waals surface area contributed by atoms with Crippen LogP contribution in [0.5, 0.6) is 0 Å². The van der Waals surface area contributed by atoms with Gasteiger partial charge in [0.25, 0.3) is 0 Å². The van der Waals surface area contributed by atoms with Crippen LogP contribution in [0.1, 0.15) is 42.5 Å². The number of ketones is 1. The van der Waals surface area contributed by atoms with Gasteiger partial charge in [-0.25, -0.2) is 12.8 Å². The van der Waals surface area contributed by atoms with Gasteiger partial charge in [0.1, 0.15) is 5.82 Å². The van der Waals surface area contributed by atoms with Crippen LogP contribution in [0, 0.1) is 11.7 Å². The smallest absolute Gasteiger partial charge is 0.214 e. The van der Waals surface area contributed by atoms with Crippen LogP contribution in [0.3, 0.4) is 0 Å². The molecule has 0 saturated carbocycles. The first-order valence-corrected chi connectivity index (χ1v) is 10.4. The zero-order valence-electron chi connectivity index (χ0n) is 14.2. The number of ether oxygens (including phenoxy) is 1. The van der Waals surface area contributed by atoms with Crippen LogP contribution in [0.15, 0.2) is 24.3 Å². The lowest BCUT2D eigenvalue weighted by molar-refractivity contribution is 0.0621. The van der Waals surface area contributed by atoms with E-state index in [-0.39, 0.29) is 29.9 Å². The standard InChI is InChI=1S/C18H24FNO4S/c19-16-7-5-15(6-8-16)18(21)11-17-4-1-9-20(17)25(22,23)13-14-3-2-10-24-12-14/h5-8,14,17H,1-4,9-13H2/t14-,17-/m1/s1. The molecule has 0 N–H and O–H groups in total. The van der Waals surface area contributed by atoms with E-state index in [0.717, 1.165) is 19.3 Å². The summed E-state index contributed by atoms with van der Waals surface area (Å²) in [5.41, 5.74) is 0.423. The van der Waals surface area contributed by atoms with E-state index < -0.39 is 15.8 Å². The molecule has 0 amide bonds. The van der Waals surface area contributed by atoms with Crippen molar-refractivity contribution in [2.75, 3.05) is 25.5 Å². The predicted octanol–water partition coefficient (Wildman–Crippen LogP) is 2.62. The average molecular weight is 369 g/mol. The summed E-state index contributed by atoms with van der Waals surface area (Å²) in [7, 11) is -3.40. The first-order valence-electron chi connectivity index (χ1n) is 8.82. The van der Waals surface area contributed by atoms with Crippen molar-refractivity contribution < 1.29 is 22.3 Å². The van der Waals surface area contributed by atoms with Crippen molar-refractivity contribution in [3.05, 3.63) is 35.6 Å². The van der Waals surface area contributed by atoms with Gasteiger partial charge in [-0.2, -0.15) is 4.31 Å². The lowest BCUT2D eigenvalue weighted by Crippen LogP contribution is -2.41. The van der Waals surface area contributed by atoms with Crippen molar-refractivity contribution >= 4 is 15.8 Å². The van der Waals surface area contributed by atoms with Gasteiger partial charge in [0.05, 0.1) is 12.4 Å². The van der Waals surface area contributed by atoms with Crippen LogP contribution in [0.25, 0.3) is 0 Å². The molecule has 0 unspecified atom stereocenters. The minimum atomic E-state index is -3.40. The maximum absolute atomic E-state index is 13.0. The number of benzene rings is 1. The van der Waals surface area contributed by atoms with Gasteiger partial charge in [0, 0.05) is 31.2 Å². The molecule has 2 atom stereocenters. The van der Waals surface area contributed by atoms with Crippen molar-refractivity contribution in [3.63, 3.8) is 0 Å². The molecule has 25 heavy (non-hydrogen) atoms. The second-order valence-electron chi connectivity index (χ2n) is 6.90. The monoisotopic (exact) mass is 369 g/mol. The van der Waals surface area contributed by atoms with E-state index in [4.69, 9.17) is 4.74 Å². The molecule has 0 aromatic heterocycles.